The first-order valence-electron chi connectivity index (χ1n) is 6.24. The van der Waals surface area contributed by atoms with E-state index in [-0.39, 0.29) is 12.2 Å². The van der Waals surface area contributed by atoms with Crippen LogP contribution in [0.25, 0.3) is 0 Å². The third-order valence-electron chi connectivity index (χ3n) is 3.37. The molecule has 4 nitrogen and oxygen atoms in total. The highest BCUT2D eigenvalue weighted by atomic mass is 16.5. The van der Waals surface area contributed by atoms with Crippen molar-refractivity contribution in [2.24, 2.45) is 5.73 Å². The van der Waals surface area contributed by atoms with Crippen LogP contribution >= 0.6 is 0 Å². The van der Waals surface area contributed by atoms with E-state index in [1.165, 1.54) is 6.42 Å². The zero-order valence-corrected chi connectivity index (χ0v) is 10.8. The number of hydrogen-bond acceptors (Lipinski definition) is 4. The molecule has 3 atom stereocenters. The summed E-state index contributed by atoms with van der Waals surface area (Å²) in [7, 11) is 3.51. The van der Waals surface area contributed by atoms with Gasteiger partial charge in [0.15, 0.2) is 0 Å². The number of likely N-dealkylation sites (tertiary alicyclic amines) is 1. The minimum absolute atomic E-state index is 0.215. The summed E-state index contributed by atoms with van der Waals surface area (Å²) in [5, 5.41) is 0. The maximum Gasteiger partial charge on any atom is 0.0971 e. The number of hydrogen-bond donors (Lipinski definition) is 1. The van der Waals surface area contributed by atoms with Crippen molar-refractivity contribution in [2.45, 2.75) is 44.4 Å². The quantitative estimate of drug-likeness (QED) is 0.704. The predicted molar refractivity (Wildman–Crippen MR) is 65.5 cm³/mol. The van der Waals surface area contributed by atoms with Gasteiger partial charge in [0, 0.05) is 33.4 Å². The second-order valence-corrected chi connectivity index (χ2v) is 4.65. The predicted octanol–water partition coefficient (Wildman–Crippen LogP) is 0.850. The van der Waals surface area contributed by atoms with Gasteiger partial charge in [-0.25, -0.2) is 0 Å². The first kappa shape index (κ1) is 13.9. The molecule has 0 aliphatic carbocycles. The van der Waals surface area contributed by atoms with Crippen molar-refractivity contribution in [1.82, 2.24) is 4.90 Å². The van der Waals surface area contributed by atoms with Gasteiger partial charge in [0.05, 0.1) is 12.2 Å². The summed E-state index contributed by atoms with van der Waals surface area (Å²) in [4.78, 5) is 2.39. The van der Waals surface area contributed by atoms with E-state index in [0.29, 0.717) is 6.04 Å². The van der Waals surface area contributed by atoms with E-state index in [2.05, 4.69) is 11.8 Å². The molecule has 1 aliphatic heterocycles. The monoisotopic (exact) mass is 230 g/mol. The van der Waals surface area contributed by atoms with Gasteiger partial charge in [-0.1, -0.05) is 13.3 Å². The van der Waals surface area contributed by atoms with Crippen LogP contribution in [0.1, 0.15) is 26.2 Å². The van der Waals surface area contributed by atoms with Crippen LogP contribution in [0.4, 0.5) is 0 Å². The molecule has 0 aromatic carbocycles. The van der Waals surface area contributed by atoms with Crippen LogP contribution in [0.2, 0.25) is 0 Å². The van der Waals surface area contributed by atoms with Gasteiger partial charge >= 0.3 is 0 Å². The first-order valence-corrected chi connectivity index (χ1v) is 6.24. The molecule has 0 aromatic heterocycles. The summed E-state index contributed by atoms with van der Waals surface area (Å²) in [6.45, 7) is 5.17. The summed E-state index contributed by atoms with van der Waals surface area (Å²) in [5.74, 6) is 0. The second kappa shape index (κ2) is 7.22. The molecule has 0 radical (unpaired) electrons. The van der Waals surface area contributed by atoms with Gasteiger partial charge in [0.2, 0.25) is 0 Å². The van der Waals surface area contributed by atoms with Gasteiger partial charge in [-0.2, -0.15) is 0 Å². The molecular weight excluding hydrogens is 204 g/mol. The summed E-state index contributed by atoms with van der Waals surface area (Å²) in [6.07, 6.45) is 3.79. The fourth-order valence-electron chi connectivity index (χ4n) is 2.32. The van der Waals surface area contributed by atoms with Gasteiger partial charge < -0.3 is 15.2 Å². The molecule has 1 aliphatic rings. The van der Waals surface area contributed by atoms with E-state index in [4.69, 9.17) is 15.2 Å². The fourth-order valence-corrected chi connectivity index (χ4v) is 2.32. The van der Waals surface area contributed by atoms with Crippen LogP contribution in [0.15, 0.2) is 0 Å². The highest BCUT2D eigenvalue weighted by Crippen LogP contribution is 2.16. The van der Waals surface area contributed by atoms with E-state index in [1.54, 1.807) is 14.2 Å². The minimum Gasteiger partial charge on any atom is -0.377 e. The van der Waals surface area contributed by atoms with Gasteiger partial charge in [-0.3, -0.25) is 4.90 Å². The maximum absolute atomic E-state index is 6.01. The Morgan fingerprint density at radius 3 is 2.19 bits per heavy atom. The Bertz CT molecular complexity index is 178. The van der Waals surface area contributed by atoms with E-state index in [1.807, 2.05) is 0 Å². The van der Waals surface area contributed by atoms with Crippen molar-refractivity contribution in [2.75, 3.05) is 33.9 Å². The average Bonchev–Trinajstić information content (AvgIpc) is 2.69. The van der Waals surface area contributed by atoms with Gasteiger partial charge in [-0.05, 0) is 19.4 Å². The zero-order valence-electron chi connectivity index (χ0n) is 10.8. The molecule has 1 saturated heterocycles. The lowest BCUT2D eigenvalue weighted by Gasteiger charge is -2.17. The Balaban J connectivity index is 2.24. The average molecular weight is 230 g/mol. The molecule has 0 saturated carbocycles. The lowest BCUT2D eigenvalue weighted by atomic mass is 10.1. The standard InChI is InChI=1S/C12H26N2O2/c1-4-5-10(13)6-7-14-8-11(15-2)12(9-14)16-3/h10-12H,4-9,13H2,1-3H3. The molecule has 3 unspecified atom stereocenters. The number of ether oxygens (including phenoxy) is 2. The lowest BCUT2D eigenvalue weighted by molar-refractivity contribution is -0.00461. The van der Waals surface area contributed by atoms with Crippen LogP contribution in [0.5, 0.6) is 0 Å². The molecule has 1 heterocycles. The molecule has 0 aromatic rings. The Morgan fingerprint density at radius 2 is 1.75 bits per heavy atom. The number of nitrogens with zero attached hydrogens (tertiary/aromatic N) is 1. The second-order valence-electron chi connectivity index (χ2n) is 4.65. The number of rotatable bonds is 7. The van der Waals surface area contributed by atoms with Crippen LogP contribution < -0.4 is 5.73 Å². The Hall–Kier alpha value is -0.160. The lowest BCUT2D eigenvalue weighted by Crippen LogP contribution is -2.30. The van der Waals surface area contributed by atoms with Crippen molar-refractivity contribution in [3.05, 3.63) is 0 Å². The summed E-state index contributed by atoms with van der Waals surface area (Å²) >= 11 is 0. The largest absolute Gasteiger partial charge is 0.377 e. The third kappa shape index (κ3) is 4.01. The summed E-state index contributed by atoms with van der Waals surface area (Å²) < 4.78 is 10.8. The van der Waals surface area contributed by atoms with E-state index in [9.17, 15) is 0 Å². The molecule has 2 N–H and O–H groups in total. The van der Waals surface area contributed by atoms with E-state index >= 15 is 0 Å². The molecule has 4 heteroatoms. The molecule has 1 rings (SSSR count). The molecule has 1 fully saturated rings. The zero-order chi connectivity index (χ0) is 12.0. The maximum atomic E-state index is 6.01. The first-order chi connectivity index (χ1) is 7.71. The Labute approximate surface area is 99.1 Å². The van der Waals surface area contributed by atoms with Crippen LogP contribution in [-0.4, -0.2) is 57.0 Å². The molecule has 0 amide bonds. The molecule has 16 heavy (non-hydrogen) atoms. The fraction of sp³-hybridized carbons (Fsp3) is 1.00. The van der Waals surface area contributed by atoms with Gasteiger partial charge in [0.25, 0.3) is 0 Å². The molecule has 0 spiro atoms. The molecule has 0 bridgehead atoms. The van der Waals surface area contributed by atoms with Gasteiger partial charge in [0.1, 0.15) is 0 Å². The highest BCUT2D eigenvalue weighted by molar-refractivity contribution is 4.86. The Kier molecular flexibility index (Phi) is 6.28. The molecular formula is C12H26N2O2. The van der Waals surface area contributed by atoms with Gasteiger partial charge in [-0.15, -0.1) is 0 Å². The van der Waals surface area contributed by atoms with E-state index < -0.39 is 0 Å². The Morgan fingerprint density at radius 1 is 1.19 bits per heavy atom. The number of methoxy groups -OCH3 is 2. The van der Waals surface area contributed by atoms with Crippen molar-refractivity contribution >= 4 is 0 Å². The minimum atomic E-state index is 0.215. The topological polar surface area (TPSA) is 47.7 Å². The van der Waals surface area contributed by atoms with Crippen molar-refractivity contribution < 1.29 is 9.47 Å². The van der Waals surface area contributed by atoms with Crippen LogP contribution in [0.3, 0.4) is 0 Å². The van der Waals surface area contributed by atoms with Crippen molar-refractivity contribution in [3.8, 4) is 0 Å². The normalized spacial score (nSPS) is 28.5. The summed E-state index contributed by atoms with van der Waals surface area (Å²) in [6, 6.07) is 0.340. The van der Waals surface area contributed by atoms with Crippen LogP contribution in [-0.2, 0) is 9.47 Å². The van der Waals surface area contributed by atoms with Crippen molar-refractivity contribution in [1.29, 1.82) is 0 Å². The van der Waals surface area contributed by atoms with E-state index in [0.717, 1.165) is 32.5 Å². The van der Waals surface area contributed by atoms with Crippen molar-refractivity contribution in [3.63, 3.8) is 0 Å². The smallest absolute Gasteiger partial charge is 0.0971 e. The number of nitrogens with two attached hydrogens (primary N) is 1. The molecule has 96 valence electrons. The third-order valence-corrected chi connectivity index (χ3v) is 3.37. The SMILES string of the molecule is CCCC(N)CCN1CC(OC)C(OC)C1. The highest BCUT2D eigenvalue weighted by Gasteiger charge is 2.32. The van der Waals surface area contributed by atoms with Crippen LogP contribution in [0, 0.1) is 0 Å². The summed E-state index contributed by atoms with van der Waals surface area (Å²) in [5.41, 5.74) is 6.01.